The lowest BCUT2D eigenvalue weighted by atomic mass is 9.93. The molecule has 2 aromatic carbocycles. The van der Waals surface area contributed by atoms with Crippen LogP contribution in [0.2, 0.25) is 0 Å². The fraction of sp³-hybridized carbons (Fsp3) is 0.273. The first-order valence-corrected chi connectivity index (χ1v) is 10.7. The van der Waals surface area contributed by atoms with Gasteiger partial charge in [0.2, 0.25) is 0 Å². The zero-order valence-electron chi connectivity index (χ0n) is 17.0. The Bertz CT molecular complexity index is 1080. The maximum atomic E-state index is 12.8. The highest BCUT2D eigenvalue weighted by Gasteiger charge is 2.48. The summed E-state index contributed by atoms with van der Waals surface area (Å²) in [6.07, 6.45) is 1.04. The number of ether oxygens (including phenoxy) is 1. The molecule has 1 saturated heterocycles. The van der Waals surface area contributed by atoms with Gasteiger partial charge in [-0.05, 0) is 37.5 Å². The Hall–Kier alpha value is -3.30. The fourth-order valence-electron chi connectivity index (χ4n) is 3.36. The number of aryl methyl sites for hydroxylation is 1. The summed E-state index contributed by atoms with van der Waals surface area (Å²) in [5.41, 5.74) is 3.20. The monoisotopic (exact) mass is 438 g/mol. The molecule has 0 radical (unpaired) electrons. The quantitative estimate of drug-likeness (QED) is 0.527. The van der Waals surface area contributed by atoms with Gasteiger partial charge in [-0.25, -0.2) is 9.78 Å². The number of urea groups is 1. The van der Waals surface area contributed by atoms with E-state index in [-0.39, 0.29) is 13.2 Å². The number of thiazole rings is 1. The first-order chi connectivity index (χ1) is 14.9. The average Bonchev–Trinajstić information content (AvgIpc) is 3.27. The Kier molecular flexibility index (Phi) is 5.97. The molecule has 1 aromatic heterocycles. The highest BCUT2D eigenvalue weighted by Crippen LogP contribution is 2.23. The number of benzene rings is 2. The van der Waals surface area contributed by atoms with Gasteiger partial charge in [-0.2, -0.15) is 5.01 Å². The number of carbonyl (C=O) groups is 3. The Labute approximate surface area is 183 Å². The predicted octanol–water partition coefficient (Wildman–Crippen LogP) is 2.79. The Balaban J connectivity index is 1.28. The second-order valence-corrected chi connectivity index (χ2v) is 8.61. The minimum absolute atomic E-state index is 0.168. The van der Waals surface area contributed by atoms with Crippen molar-refractivity contribution in [3.63, 3.8) is 0 Å². The van der Waals surface area contributed by atoms with E-state index in [1.807, 2.05) is 54.6 Å². The highest BCUT2D eigenvalue weighted by molar-refractivity contribution is 7.18. The first kappa shape index (κ1) is 21.0. The van der Waals surface area contributed by atoms with Crippen molar-refractivity contribution in [2.45, 2.75) is 31.9 Å². The van der Waals surface area contributed by atoms with Crippen molar-refractivity contribution in [1.82, 2.24) is 20.7 Å². The zero-order chi connectivity index (χ0) is 21.8. The third-order valence-electron chi connectivity index (χ3n) is 5.05. The summed E-state index contributed by atoms with van der Waals surface area (Å²) in [7, 11) is 0. The molecule has 2 N–H and O–H groups in total. The number of imide groups is 1. The van der Waals surface area contributed by atoms with Crippen molar-refractivity contribution < 1.29 is 19.1 Å². The van der Waals surface area contributed by atoms with E-state index in [4.69, 9.17) is 4.74 Å². The van der Waals surface area contributed by atoms with E-state index in [2.05, 4.69) is 15.7 Å². The van der Waals surface area contributed by atoms with Crippen LogP contribution in [0.4, 0.5) is 4.79 Å². The lowest BCUT2D eigenvalue weighted by Crippen LogP contribution is -2.49. The molecule has 31 heavy (non-hydrogen) atoms. The van der Waals surface area contributed by atoms with Crippen LogP contribution in [-0.2, 0) is 27.4 Å². The molecule has 0 bridgehead atoms. The number of hydrogen-bond donors (Lipinski definition) is 2. The van der Waals surface area contributed by atoms with Gasteiger partial charge in [0.15, 0.2) is 0 Å². The van der Waals surface area contributed by atoms with Crippen LogP contribution in [0.3, 0.4) is 0 Å². The molecule has 8 nitrogen and oxygen atoms in total. The molecule has 2 heterocycles. The number of rotatable bonds is 8. The van der Waals surface area contributed by atoms with Gasteiger partial charge in [-0.15, -0.1) is 11.3 Å². The summed E-state index contributed by atoms with van der Waals surface area (Å²) in [6.45, 7) is 1.53. The molecule has 0 aliphatic carbocycles. The van der Waals surface area contributed by atoms with Gasteiger partial charge in [0, 0.05) is 0 Å². The normalized spacial score (nSPS) is 18.4. The van der Waals surface area contributed by atoms with E-state index >= 15 is 0 Å². The number of hydrogen-bond acceptors (Lipinski definition) is 6. The molecule has 4 rings (SSSR count). The Morgan fingerprint density at radius 1 is 1.16 bits per heavy atom. The van der Waals surface area contributed by atoms with Crippen molar-refractivity contribution in [3.05, 3.63) is 65.2 Å². The van der Waals surface area contributed by atoms with Gasteiger partial charge in [0.1, 0.15) is 17.2 Å². The van der Waals surface area contributed by atoms with Gasteiger partial charge >= 0.3 is 6.03 Å². The van der Waals surface area contributed by atoms with E-state index in [1.165, 1.54) is 11.3 Å². The zero-order valence-corrected chi connectivity index (χ0v) is 17.8. The van der Waals surface area contributed by atoms with Gasteiger partial charge in [-0.1, -0.05) is 42.5 Å². The molecular weight excluding hydrogens is 416 g/mol. The predicted molar refractivity (Wildman–Crippen MR) is 116 cm³/mol. The molecule has 3 aromatic rings. The van der Waals surface area contributed by atoms with Crippen LogP contribution in [0, 0.1) is 0 Å². The molecule has 1 atom stereocenters. The van der Waals surface area contributed by atoms with E-state index < -0.39 is 23.4 Å². The average molecular weight is 439 g/mol. The Morgan fingerprint density at radius 2 is 1.90 bits per heavy atom. The molecule has 9 heteroatoms. The fourth-order valence-corrected chi connectivity index (χ4v) is 4.27. The largest absolute Gasteiger partial charge is 0.364 e. The number of carbonyl (C=O) groups excluding carboxylic acids is 3. The lowest BCUT2D eigenvalue weighted by molar-refractivity contribution is -0.140. The van der Waals surface area contributed by atoms with Gasteiger partial charge in [-0.3, -0.25) is 15.0 Å². The molecule has 0 spiro atoms. The number of para-hydroxylation sites is 1. The molecule has 1 aliphatic heterocycles. The van der Waals surface area contributed by atoms with Crippen LogP contribution in [0.15, 0.2) is 54.6 Å². The van der Waals surface area contributed by atoms with E-state index in [0.29, 0.717) is 12.8 Å². The number of nitrogens with one attached hydrogen (secondary N) is 2. The van der Waals surface area contributed by atoms with Gasteiger partial charge < -0.3 is 10.1 Å². The van der Waals surface area contributed by atoms with Crippen LogP contribution in [-0.4, -0.2) is 40.0 Å². The van der Waals surface area contributed by atoms with Crippen molar-refractivity contribution in [2.24, 2.45) is 0 Å². The number of amides is 4. The second-order valence-electron chi connectivity index (χ2n) is 7.49. The molecular formula is C22H22N4O4S. The third-order valence-corrected chi connectivity index (χ3v) is 6.06. The smallest absolute Gasteiger partial charge is 0.344 e. The summed E-state index contributed by atoms with van der Waals surface area (Å²) in [4.78, 5) is 41.7. The highest BCUT2D eigenvalue weighted by atomic mass is 32.1. The SMILES string of the molecule is C[C@]1(CCc2ccccc2)NC(=O)N(NC(=O)COCc2nc3ccccc3s2)C1=O. The standard InChI is InChI=1S/C22H22N4O4S/c1-22(12-11-15-7-3-2-4-8-15)20(28)26(21(29)24-22)25-18(27)13-30-14-19-23-16-9-5-6-10-17(16)31-19/h2-10H,11-14H2,1H3,(H,24,29)(H,25,27)/t22-/m1/s1. The van der Waals surface area contributed by atoms with Gasteiger partial charge in [0.25, 0.3) is 11.8 Å². The van der Waals surface area contributed by atoms with E-state index in [9.17, 15) is 14.4 Å². The summed E-state index contributed by atoms with van der Waals surface area (Å²) in [6, 6.07) is 16.8. The number of aromatic nitrogens is 1. The molecule has 1 aliphatic rings. The summed E-state index contributed by atoms with van der Waals surface area (Å²) < 4.78 is 6.46. The number of hydrazine groups is 1. The van der Waals surface area contributed by atoms with Crippen molar-refractivity contribution >= 4 is 39.4 Å². The maximum absolute atomic E-state index is 12.8. The molecule has 0 unspecified atom stereocenters. The Morgan fingerprint density at radius 3 is 2.68 bits per heavy atom. The molecule has 1 fully saturated rings. The summed E-state index contributed by atoms with van der Waals surface area (Å²) in [5, 5.41) is 4.15. The molecule has 4 amide bonds. The first-order valence-electron chi connectivity index (χ1n) is 9.87. The summed E-state index contributed by atoms with van der Waals surface area (Å²) >= 11 is 1.49. The van der Waals surface area contributed by atoms with Crippen molar-refractivity contribution in [1.29, 1.82) is 0 Å². The summed E-state index contributed by atoms with van der Waals surface area (Å²) in [5.74, 6) is -1.08. The second kappa shape index (κ2) is 8.83. The van der Waals surface area contributed by atoms with E-state index in [0.717, 1.165) is 25.8 Å². The van der Waals surface area contributed by atoms with Crippen molar-refractivity contribution in [2.75, 3.05) is 6.61 Å². The van der Waals surface area contributed by atoms with Crippen LogP contribution in [0.1, 0.15) is 23.9 Å². The minimum atomic E-state index is -1.08. The van der Waals surface area contributed by atoms with E-state index in [1.54, 1.807) is 6.92 Å². The third kappa shape index (κ3) is 4.73. The topological polar surface area (TPSA) is 101 Å². The minimum Gasteiger partial charge on any atom is -0.364 e. The molecule has 160 valence electrons. The molecule has 0 saturated carbocycles. The number of nitrogens with zero attached hydrogens (tertiary/aromatic N) is 2. The van der Waals surface area contributed by atoms with Crippen LogP contribution in [0.5, 0.6) is 0 Å². The van der Waals surface area contributed by atoms with Crippen LogP contribution < -0.4 is 10.7 Å². The van der Waals surface area contributed by atoms with Crippen LogP contribution >= 0.6 is 11.3 Å². The number of fused-ring (bicyclic) bond motifs is 1. The van der Waals surface area contributed by atoms with Crippen molar-refractivity contribution in [3.8, 4) is 0 Å². The van der Waals surface area contributed by atoms with Crippen LogP contribution in [0.25, 0.3) is 10.2 Å². The lowest BCUT2D eigenvalue weighted by Gasteiger charge is -2.21. The maximum Gasteiger partial charge on any atom is 0.344 e. The van der Waals surface area contributed by atoms with Gasteiger partial charge in [0.05, 0.1) is 16.8 Å².